The first-order chi connectivity index (χ1) is 14.9. The zero-order valence-corrected chi connectivity index (χ0v) is 19.2. The van der Waals surface area contributed by atoms with Gasteiger partial charge in [-0.25, -0.2) is 0 Å². The Morgan fingerprint density at radius 1 is 1.16 bits per heavy atom. The number of morpholine rings is 1. The molecule has 0 amide bonds. The van der Waals surface area contributed by atoms with E-state index in [1.165, 1.54) is 0 Å². The smallest absolute Gasteiger partial charge is 0.186 e. The topological polar surface area (TPSA) is 48.0 Å². The Morgan fingerprint density at radius 3 is 2.55 bits per heavy atom. The molecular formula is C26H33NO4. The number of benzene rings is 2. The van der Waals surface area contributed by atoms with Crippen LogP contribution in [0.25, 0.3) is 6.08 Å². The lowest BCUT2D eigenvalue weighted by Crippen LogP contribution is -2.36. The van der Waals surface area contributed by atoms with Gasteiger partial charge < -0.3 is 14.2 Å². The van der Waals surface area contributed by atoms with Crippen molar-refractivity contribution in [3.8, 4) is 11.5 Å². The molecule has 1 heterocycles. The van der Waals surface area contributed by atoms with Gasteiger partial charge in [0.15, 0.2) is 5.78 Å². The number of methoxy groups -OCH3 is 2. The fraction of sp³-hybridized carbons (Fsp3) is 0.423. The molecule has 166 valence electrons. The first-order valence-electron chi connectivity index (χ1n) is 10.8. The molecule has 1 aliphatic rings. The predicted molar refractivity (Wildman–Crippen MR) is 124 cm³/mol. The van der Waals surface area contributed by atoms with Crippen LogP contribution in [0.4, 0.5) is 0 Å². The quantitative estimate of drug-likeness (QED) is 0.448. The molecule has 5 nitrogen and oxygen atoms in total. The van der Waals surface area contributed by atoms with E-state index in [1.54, 1.807) is 20.3 Å². The van der Waals surface area contributed by atoms with Crippen LogP contribution >= 0.6 is 0 Å². The van der Waals surface area contributed by atoms with Crippen LogP contribution in [0.2, 0.25) is 0 Å². The molecule has 1 saturated heterocycles. The van der Waals surface area contributed by atoms with E-state index in [0.29, 0.717) is 0 Å². The van der Waals surface area contributed by atoms with Crippen molar-refractivity contribution >= 4 is 11.9 Å². The first-order valence-corrected chi connectivity index (χ1v) is 10.8. The summed E-state index contributed by atoms with van der Waals surface area (Å²) in [5.41, 5.74) is 4.79. The third-order valence-electron chi connectivity index (χ3n) is 5.80. The Kier molecular flexibility index (Phi) is 7.88. The van der Waals surface area contributed by atoms with E-state index in [1.807, 2.05) is 43.3 Å². The highest BCUT2D eigenvalue weighted by Gasteiger charge is 2.23. The summed E-state index contributed by atoms with van der Waals surface area (Å²) in [4.78, 5) is 15.7. The van der Waals surface area contributed by atoms with Crippen molar-refractivity contribution in [1.29, 1.82) is 0 Å². The lowest BCUT2D eigenvalue weighted by atomic mass is 9.87. The molecule has 0 aliphatic carbocycles. The van der Waals surface area contributed by atoms with Gasteiger partial charge in [0.05, 0.1) is 27.4 Å². The molecular weight excluding hydrogens is 390 g/mol. The highest BCUT2D eigenvalue weighted by Crippen LogP contribution is 2.34. The first kappa shape index (κ1) is 23.0. The van der Waals surface area contributed by atoms with Gasteiger partial charge in [0.2, 0.25) is 0 Å². The molecule has 1 fully saturated rings. The van der Waals surface area contributed by atoms with E-state index < -0.39 is 0 Å². The van der Waals surface area contributed by atoms with Crippen molar-refractivity contribution in [2.24, 2.45) is 0 Å². The molecule has 0 aromatic heterocycles. The zero-order valence-electron chi connectivity index (χ0n) is 19.2. The Morgan fingerprint density at radius 2 is 1.90 bits per heavy atom. The molecule has 0 radical (unpaired) electrons. The highest BCUT2D eigenvalue weighted by atomic mass is 16.5. The molecule has 0 unspecified atom stereocenters. The van der Waals surface area contributed by atoms with Gasteiger partial charge in [0.25, 0.3) is 0 Å². The third kappa shape index (κ3) is 5.54. The molecule has 2 aromatic rings. The van der Waals surface area contributed by atoms with Crippen LogP contribution < -0.4 is 9.47 Å². The van der Waals surface area contributed by atoms with Crippen LogP contribution in [-0.2, 0) is 11.3 Å². The van der Waals surface area contributed by atoms with Crippen molar-refractivity contribution in [1.82, 2.24) is 4.90 Å². The summed E-state index contributed by atoms with van der Waals surface area (Å²) < 4.78 is 16.5. The Labute approximate surface area is 185 Å². The lowest BCUT2D eigenvalue weighted by molar-refractivity contribution is 0.0338. The van der Waals surface area contributed by atoms with Crippen LogP contribution in [0, 0.1) is 6.92 Å². The number of carbonyl (C=O) groups is 1. The minimum Gasteiger partial charge on any atom is -0.497 e. The second kappa shape index (κ2) is 10.6. The number of ketones is 1. The van der Waals surface area contributed by atoms with Crippen molar-refractivity contribution in [2.75, 3.05) is 40.5 Å². The average Bonchev–Trinajstić information content (AvgIpc) is 2.79. The molecule has 0 bridgehead atoms. The fourth-order valence-electron chi connectivity index (χ4n) is 4.00. The fourth-order valence-corrected chi connectivity index (χ4v) is 4.00. The number of carbonyl (C=O) groups excluding carboxylic acids is 1. The maximum atomic E-state index is 13.4. The van der Waals surface area contributed by atoms with Crippen LogP contribution in [-0.4, -0.2) is 51.2 Å². The molecule has 31 heavy (non-hydrogen) atoms. The van der Waals surface area contributed by atoms with Gasteiger partial charge in [-0.3, -0.25) is 9.69 Å². The van der Waals surface area contributed by atoms with Crippen LogP contribution in [0.15, 0.2) is 36.4 Å². The number of allylic oxidation sites excluding steroid dienone is 1. The van der Waals surface area contributed by atoms with E-state index in [0.717, 1.165) is 72.2 Å². The largest absolute Gasteiger partial charge is 0.497 e. The highest BCUT2D eigenvalue weighted by molar-refractivity contribution is 6.09. The van der Waals surface area contributed by atoms with E-state index in [9.17, 15) is 4.79 Å². The summed E-state index contributed by atoms with van der Waals surface area (Å²) in [6.07, 6.45) is 3.51. The predicted octanol–water partition coefficient (Wildman–Crippen LogP) is 4.86. The van der Waals surface area contributed by atoms with Crippen LogP contribution in [0.3, 0.4) is 0 Å². The second-order valence-electron chi connectivity index (χ2n) is 8.16. The maximum Gasteiger partial charge on any atom is 0.186 e. The summed E-state index contributed by atoms with van der Waals surface area (Å²) in [6.45, 7) is 10.2. The Hall–Kier alpha value is -2.63. The van der Waals surface area contributed by atoms with Gasteiger partial charge in [-0.2, -0.15) is 0 Å². The SMILES string of the molecule is COc1cccc(C=CC(=O)c2c(C(C)C)cc(OC)c(CN3CCOCC3)c2C)c1. The second-order valence-corrected chi connectivity index (χ2v) is 8.16. The summed E-state index contributed by atoms with van der Waals surface area (Å²) in [5.74, 6) is 1.83. The number of hydrogen-bond donors (Lipinski definition) is 0. The minimum absolute atomic E-state index is 0.00917. The summed E-state index contributed by atoms with van der Waals surface area (Å²) in [6, 6.07) is 9.72. The molecule has 2 aromatic carbocycles. The van der Waals surface area contributed by atoms with Crippen LogP contribution in [0.5, 0.6) is 11.5 Å². The van der Waals surface area contributed by atoms with E-state index in [-0.39, 0.29) is 11.7 Å². The third-order valence-corrected chi connectivity index (χ3v) is 5.80. The Bertz CT molecular complexity index is 943. The molecule has 0 spiro atoms. The summed E-state index contributed by atoms with van der Waals surface area (Å²) in [5, 5.41) is 0. The van der Waals surface area contributed by atoms with Crippen molar-refractivity contribution in [3.05, 3.63) is 64.2 Å². The van der Waals surface area contributed by atoms with Crippen molar-refractivity contribution in [2.45, 2.75) is 33.2 Å². The van der Waals surface area contributed by atoms with Crippen LogP contribution in [0.1, 0.15) is 52.4 Å². The van der Waals surface area contributed by atoms with Gasteiger partial charge in [0.1, 0.15) is 11.5 Å². The van der Waals surface area contributed by atoms with Gasteiger partial charge in [-0.1, -0.05) is 32.1 Å². The number of nitrogens with zero attached hydrogens (tertiary/aromatic N) is 1. The minimum atomic E-state index is 0.00917. The summed E-state index contributed by atoms with van der Waals surface area (Å²) >= 11 is 0. The lowest BCUT2D eigenvalue weighted by Gasteiger charge is -2.29. The molecule has 0 N–H and O–H groups in total. The van der Waals surface area contributed by atoms with Gasteiger partial charge >= 0.3 is 0 Å². The number of hydrogen-bond acceptors (Lipinski definition) is 5. The van der Waals surface area contributed by atoms with Gasteiger partial charge in [0, 0.05) is 30.8 Å². The van der Waals surface area contributed by atoms with Crippen molar-refractivity contribution in [3.63, 3.8) is 0 Å². The molecule has 0 atom stereocenters. The average molecular weight is 424 g/mol. The van der Waals surface area contributed by atoms with E-state index >= 15 is 0 Å². The maximum absolute atomic E-state index is 13.4. The molecule has 5 heteroatoms. The van der Waals surface area contributed by atoms with Crippen molar-refractivity contribution < 1.29 is 19.0 Å². The zero-order chi connectivity index (χ0) is 22.4. The number of ether oxygens (including phenoxy) is 3. The van der Waals surface area contributed by atoms with Gasteiger partial charge in [-0.05, 0) is 53.8 Å². The molecule has 1 aliphatic heterocycles. The standard InChI is InChI=1S/C26H33NO4/c1-18(2)22-16-25(30-5)23(17-27-11-13-31-14-12-27)19(3)26(22)24(28)10-9-20-7-6-8-21(15-20)29-4/h6-10,15-16,18H,11-14,17H2,1-5H3. The Balaban J connectivity index is 1.98. The molecule has 0 saturated carbocycles. The van der Waals surface area contributed by atoms with E-state index in [4.69, 9.17) is 14.2 Å². The number of rotatable bonds is 8. The summed E-state index contributed by atoms with van der Waals surface area (Å²) in [7, 11) is 3.34. The van der Waals surface area contributed by atoms with E-state index in [2.05, 4.69) is 18.7 Å². The monoisotopic (exact) mass is 423 g/mol. The van der Waals surface area contributed by atoms with Gasteiger partial charge in [-0.15, -0.1) is 0 Å². The molecule has 3 rings (SSSR count). The normalized spacial score (nSPS) is 14.9.